The second kappa shape index (κ2) is 2.44. The van der Waals surface area contributed by atoms with Crippen LogP contribution in [0.25, 0.3) is 0 Å². The lowest BCUT2D eigenvalue weighted by Crippen LogP contribution is -2.42. The SMILES string of the molecule is CC1(C)OCCC(C2CO2)O1. The molecule has 3 nitrogen and oxygen atoms in total. The Kier molecular flexibility index (Phi) is 1.67. The van der Waals surface area contributed by atoms with E-state index < -0.39 is 5.79 Å². The largest absolute Gasteiger partial charge is 0.370 e. The van der Waals surface area contributed by atoms with Crippen molar-refractivity contribution in [2.45, 2.75) is 38.3 Å². The molecule has 2 aliphatic rings. The van der Waals surface area contributed by atoms with E-state index in [0.29, 0.717) is 6.10 Å². The minimum absolute atomic E-state index is 0.263. The fraction of sp³-hybridized carbons (Fsp3) is 1.00. The highest BCUT2D eigenvalue weighted by Crippen LogP contribution is 2.29. The Hall–Kier alpha value is -0.120. The molecule has 0 aromatic carbocycles. The molecule has 0 N–H and O–H groups in total. The number of hydrogen-bond donors (Lipinski definition) is 0. The average Bonchev–Trinajstić information content (AvgIpc) is 2.65. The maximum Gasteiger partial charge on any atom is 0.163 e. The van der Waals surface area contributed by atoms with Crippen LogP contribution in [-0.2, 0) is 14.2 Å². The average molecular weight is 158 g/mol. The third-order valence-electron chi connectivity index (χ3n) is 2.06. The fourth-order valence-corrected chi connectivity index (χ4v) is 1.41. The van der Waals surface area contributed by atoms with E-state index in [-0.39, 0.29) is 6.10 Å². The second-order valence-electron chi connectivity index (χ2n) is 3.57. The highest BCUT2D eigenvalue weighted by atomic mass is 16.7. The lowest BCUT2D eigenvalue weighted by molar-refractivity contribution is -0.275. The third kappa shape index (κ3) is 1.72. The first-order valence-electron chi connectivity index (χ1n) is 4.11. The monoisotopic (exact) mass is 158 g/mol. The summed E-state index contributed by atoms with van der Waals surface area (Å²) in [5, 5.41) is 0. The minimum atomic E-state index is -0.408. The molecule has 2 saturated heterocycles. The minimum Gasteiger partial charge on any atom is -0.370 e. The van der Waals surface area contributed by atoms with Gasteiger partial charge in [-0.2, -0.15) is 0 Å². The Morgan fingerprint density at radius 2 is 2.00 bits per heavy atom. The van der Waals surface area contributed by atoms with Gasteiger partial charge >= 0.3 is 0 Å². The van der Waals surface area contributed by atoms with Crippen molar-refractivity contribution in [2.75, 3.05) is 13.2 Å². The summed E-state index contributed by atoms with van der Waals surface area (Å²) in [4.78, 5) is 0. The summed E-state index contributed by atoms with van der Waals surface area (Å²) in [5.74, 6) is -0.408. The standard InChI is InChI=1S/C8H14O3/c1-8(2)10-4-3-6(11-8)7-5-9-7/h6-7H,3-5H2,1-2H3. The molecule has 64 valence electrons. The van der Waals surface area contributed by atoms with Crippen LogP contribution < -0.4 is 0 Å². The molecule has 2 heterocycles. The zero-order valence-electron chi connectivity index (χ0n) is 7.00. The van der Waals surface area contributed by atoms with E-state index in [9.17, 15) is 0 Å². The van der Waals surface area contributed by atoms with E-state index in [4.69, 9.17) is 14.2 Å². The molecule has 3 heteroatoms. The predicted molar refractivity (Wildman–Crippen MR) is 39.3 cm³/mol. The van der Waals surface area contributed by atoms with E-state index in [0.717, 1.165) is 19.6 Å². The lowest BCUT2D eigenvalue weighted by atomic mass is 10.1. The van der Waals surface area contributed by atoms with Crippen molar-refractivity contribution in [3.8, 4) is 0 Å². The molecule has 2 aliphatic heterocycles. The summed E-state index contributed by atoms with van der Waals surface area (Å²) in [7, 11) is 0. The van der Waals surface area contributed by atoms with Crippen LogP contribution in [0, 0.1) is 0 Å². The summed E-state index contributed by atoms with van der Waals surface area (Å²) < 4.78 is 16.2. The van der Waals surface area contributed by atoms with Crippen LogP contribution in [-0.4, -0.2) is 31.2 Å². The van der Waals surface area contributed by atoms with E-state index in [2.05, 4.69) is 0 Å². The zero-order valence-corrected chi connectivity index (χ0v) is 7.00. The third-order valence-corrected chi connectivity index (χ3v) is 2.06. The van der Waals surface area contributed by atoms with E-state index in [1.165, 1.54) is 0 Å². The van der Waals surface area contributed by atoms with Crippen molar-refractivity contribution >= 4 is 0 Å². The molecule has 2 atom stereocenters. The number of hydrogen-bond acceptors (Lipinski definition) is 3. The van der Waals surface area contributed by atoms with Crippen LogP contribution in [0.3, 0.4) is 0 Å². The van der Waals surface area contributed by atoms with Crippen molar-refractivity contribution in [2.24, 2.45) is 0 Å². The van der Waals surface area contributed by atoms with E-state index in [1.807, 2.05) is 13.8 Å². The van der Waals surface area contributed by atoms with Crippen LogP contribution in [0.4, 0.5) is 0 Å². The van der Waals surface area contributed by atoms with Gasteiger partial charge in [0.25, 0.3) is 0 Å². The smallest absolute Gasteiger partial charge is 0.163 e. The summed E-state index contributed by atoms with van der Waals surface area (Å²) in [6, 6.07) is 0. The van der Waals surface area contributed by atoms with Gasteiger partial charge in [-0.15, -0.1) is 0 Å². The Bertz CT molecular complexity index is 151. The van der Waals surface area contributed by atoms with Crippen LogP contribution in [0.5, 0.6) is 0 Å². The Labute approximate surface area is 66.6 Å². The fourth-order valence-electron chi connectivity index (χ4n) is 1.41. The van der Waals surface area contributed by atoms with Crippen LogP contribution >= 0.6 is 0 Å². The molecule has 2 unspecified atom stereocenters. The predicted octanol–water partition coefficient (Wildman–Crippen LogP) is 0.927. The van der Waals surface area contributed by atoms with E-state index in [1.54, 1.807) is 0 Å². The maximum atomic E-state index is 5.65. The first-order valence-corrected chi connectivity index (χ1v) is 4.11. The van der Waals surface area contributed by atoms with Crippen molar-refractivity contribution in [3.63, 3.8) is 0 Å². The summed E-state index contributed by atoms with van der Waals surface area (Å²) in [6.45, 7) is 5.54. The van der Waals surface area contributed by atoms with Crippen molar-refractivity contribution < 1.29 is 14.2 Å². The second-order valence-corrected chi connectivity index (χ2v) is 3.57. The molecule has 0 aromatic heterocycles. The van der Waals surface area contributed by atoms with E-state index >= 15 is 0 Å². The van der Waals surface area contributed by atoms with Gasteiger partial charge < -0.3 is 14.2 Å². The summed E-state index contributed by atoms with van der Waals surface area (Å²) in [6.07, 6.45) is 1.57. The molecule has 2 rings (SSSR count). The number of rotatable bonds is 1. The van der Waals surface area contributed by atoms with Crippen molar-refractivity contribution in [3.05, 3.63) is 0 Å². The molecular formula is C8H14O3. The van der Waals surface area contributed by atoms with Crippen LogP contribution in [0.1, 0.15) is 20.3 Å². The molecule has 0 saturated carbocycles. The quantitative estimate of drug-likeness (QED) is 0.532. The Morgan fingerprint density at radius 3 is 2.55 bits per heavy atom. The van der Waals surface area contributed by atoms with Gasteiger partial charge in [-0.05, 0) is 20.3 Å². The molecule has 0 amide bonds. The highest BCUT2D eigenvalue weighted by molar-refractivity contribution is 4.83. The molecule has 11 heavy (non-hydrogen) atoms. The molecule has 0 aliphatic carbocycles. The molecule has 0 aromatic rings. The van der Waals surface area contributed by atoms with Crippen molar-refractivity contribution in [1.82, 2.24) is 0 Å². The Morgan fingerprint density at radius 1 is 1.27 bits per heavy atom. The topological polar surface area (TPSA) is 31.0 Å². The zero-order chi connectivity index (χ0) is 7.90. The molecule has 0 bridgehead atoms. The molecule has 0 radical (unpaired) electrons. The van der Waals surface area contributed by atoms with Gasteiger partial charge in [0.15, 0.2) is 5.79 Å². The molecule has 0 spiro atoms. The van der Waals surface area contributed by atoms with Crippen molar-refractivity contribution in [1.29, 1.82) is 0 Å². The normalized spacial score (nSPS) is 42.0. The highest BCUT2D eigenvalue weighted by Gasteiger charge is 2.40. The lowest BCUT2D eigenvalue weighted by Gasteiger charge is -2.35. The Balaban J connectivity index is 1.92. The number of ether oxygens (including phenoxy) is 3. The van der Waals surface area contributed by atoms with Gasteiger partial charge in [0.05, 0.1) is 19.3 Å². The van der Waals surface area contributed by atoms with Crippen LogP contribution in [0.15, 0.2) is 0 Å². The summed E-state index contributed by atoms with van der Waals surface area (Å²) in [5.41, 5.74) is 0. The maximum absolute atomic E-state index is 5.65. The van der Waals surface area contributed by atoms with Gasteiger partial charge in [-0.3, -0.25) is 0 Å². The first kappa shape index (κ1) is 7.53. The summed E-state index contributed by atoms with van der Waals surface area (Å²) >= 11 is 0. The van der Waals surface area contributed by atoms with Gasteiger partial charge in [0.2, 0.25) is 0 Å². The first-order chi connectivity index (χ1) is 5.17. The van der Waals surface area contributed by atoms with Gasteiger partial charge in [-0.25, -0.2) is 0 Å². The van der Waals surface area contributed by atoms with Gasteiger partial charge in [-0.1, -0.05) is 0 Å². The molecule has 2 fully saturated rings. The molecular weight excluding hydrogens is 144 g/mol. The van der Waals surface area contributed by atoms with Crippen LogP contribution in [0.2, 0.25) is 0 Å². The van der Waals surface area contributed by atoms with Gasteiger partial charge in [0, 0.05) is 0 Å². The number of epoxide rings is 1. The van der Waals surface area contributed by atoms with Gasteiger partial charge in [0.1, 0.15) is 6.10 Å².